The SMILES string of the molecule is Cn1c(NCC(=O)c2ccco2)nc(-c2ccncn2)cc1=O. The molecule has 116 valence electrons. The Balaban J connectivity index is 1.86. The molecule has 3 heterocycles. The van der Waals surface area contributed by atoms with Gasteiger partial charge in [-0.25, -0.2) is 15.0 Å². The third kappa shape index (κ3) is 3.15. The number of hydrogen-bond acceptors (Lipinski definition) is 7. The summed E-state index contributed by atoms with van der Waals surface area (Å²) in [5, 5.41) is 2.85. The highest BCUT2D eigenvalue weighted by molar-refractivity contribution is 5.96. The second-order valence-electron chi connectivity index (χ2n) is 4.71. The predicted molar refractivity (Wildman–Crippen MR) is 82.0 cm³/mol. The maximum Gasteiger partial charge on any atom is 0.255 e. The maximum atomic E-state index is 12.0. The molecule has 0 unspecified atom stereocenters. The van der Waals surface area contributed by atoms with Crippen LogP contribution in [0.1, 0.15) is 10.6 Å². The number of Topliss-reactive ketones (excluding diaryl/α,β-unsaturated/α-hetero) is 1. The minimum Gasteiger partial charge on any atom is -0.461 e. The molecule has 8 heteroatoms. The molecule has 0 aliphatic rings. The van der Waals surface area contributed by atoms with Crippen LogP contribution in [0.4, 0.5) is 5.95 Å². The van der Waals surface area contributed by atoms with Crippen LogP contribution in [-0.4, -0.2) is 31.8 Å². The standard InChI is InChI=1S/C15H13N5O3/c1-20-14(22)7-11(10-4-5-16-9-18-10)19-15(20)17-8-12(21)13-3-2-6-23-13/h2-7,9H,8H2,1H3,(H,17,19). The Hall–Kier alpha value is -3.29. The van der Waals surface area contributed by atoms with Crippen molar-refractivity contribution in [3.63, 3.8) is 0 Å². The summed E-state index contributed by atoms with van der Waals surface area (Å²) in [5.41, 5.74) is 0.670. The van der Waals surface area contributed by atoms with Gasteiger partial charge in [0.1, 0.15) is 6.33 Å². The minimum absolute atomic E-state index is 0.0407. The van der Waals surface area contributed by atoms with Crippen molar-refractivity contribution in [2.45, 2.75) is 0 Å². The van der Waals surface area contributed by atoms with Gasteiger partial charge in [0.05, 0.1) is 24.2 Å². The van der Waals surface area contributed by atoms with E-state index in [0.29, 0.717) is 11.4 Å². The summed E-state index contributed by atoms with van der Waals surface area (Å²) in [7, 11) is 1.57. The monoisotopic (exact) mass is 311 g/mol. The number of rotatable bonds is 5. The lowest BCUT2D eigenvalue weighted by Crippen LogP contribution is -2.24. The van der Waals surface area contributed by atoms with Gasteiger partial charge in [0.15, 0.2) is 5.76 Å². The first kappa shape index (κ1) is 14.6. The normalized spacial score (nSPS) is 10.5. The Morgan fingerprint density at radius 2 is 2.22 bits per heavy atom. The van der Waals surface area contributed by atoms with Gasteiger partial charge in [-0.15, -0.1) is 0 Å². The largest absolute Gasteiger partial charge is 0.461 e. The summed E-state index contributed by atoms with van der Waals surface area (Å²) in [5.74, 6) is 0.275. The van der Waals surface area contributed by atoms with Crippen molar-refractivity contribution in [1.29, 1.82) is 0 Å². The molecule has 23 heavy (non-hydrogen) atoms. The molecule has 3 rings (SSSR count). The van der Waals surface area contributed by atoms with E-state index in [0.717, 1.165) is 0 Å². The van der Waals surface area contributed by atoms with E-state index in [4.69, 9.17) is 4.42 Å². The molecule has 0 amide bonds. The number of carbonyl (C=O) groups is 1. The Kier molecular flexibility index (Phi) is 3.96. The van der Waals surface area contributed by atoms with E-state index in [9.17, 15) is 9.59 Å². The number of nitrogens with zero attached hydrogens (tertiary/aromatic N) is 4. The Morgan fingerprint density at radius 1 is 1.35 bits per heavy atom. The first-order valence-electron chi connectivity index (χ1n) is 6.80. The van der Waals surface area contributed by atoms with E-state index in [1.54, 1.807) is 31.4 Å². The first-order chi connectivity index (χ1) is 11.1. The summed E-state index contributed by atoms with van der Waals surface area (Å²) in [6.07, 6.45) is 4.37. The minimum atomic E-state index is -0.262. The highest BCUT2D eigenvalue weighted by Crippen LogP contribution is 2.13. The van der Waals surface area contributed by atoms with Crippen LogP contribution in [0, 0.1) is 0 Å². The van der Waals surface area contributed by atoms with Crippen molar-refractivity contribution in [1.82, 2.24) is 19.5 Å². The summed E-state index contributed by atoms with van der Waals surface area (Å²) in [6.45, 7) is -0.0407. The molecule has 1 N–H and O–H groups in total. The van der Waals surface area contributed by atoms with Crippen molar-refractivity contribution >= 4 is 11.7 Å². The van der Waals surface area contributed by atoms with Crippen molar-refractivity contribution in [2.24, 2.45) is 7.05 Å². The fraction of sp³-hybridized carbons (Fsp3) is 0.133. The third-order valence-electron chi connectivity index (χ3n) is 3.18. The van der Waals surface area contributed by atoms with Gasteiger partial charge in [-0.05, 0) is 18.2 Å². The third-order valence-corrected chi connectivity index (χ3v) is 3.18. The van der Waals surface area contributed by atoms with Crippen molar-refractivity contribution in [2.75, 3.05) is 11.9 Å². The molecule has 0 aliphatic carbocycles. The molecule has 3 aromatic rings. The van der Waals surface area contributed by atoms with Gasteiger partial charge in [0, 0.05) is 19.3 Å². The number of anilines is 1. The summed E-state index contributed by atoms with van der Waals surface area (Å²) < 4.78 is 6.35. The molecule has 0 aromatic carbocycles. The smallest absolute Gasteiger partial charge is 0.255 e. The van der Waals surface area contributed by atoms with Crippen LogP contribution in [0.5, 0.6) is 0 Å². The van der Waals surface area contributed by atoms with Gasteiger partial charge in [-0.1, -0.05) is 0 Å². The van der Waals surface area contributed by atoms with E-state index in [1.165, 1.54) is 23.2 Å². The van der Waals surface area contributed by atoms with Crippen molar-refractivity contribution < 1.29 is 9.21 Å². The van der Waals surface area contributed by atoms with Crippen LogP contribution in [0.25, 0.3) is 11.4 Å². The molecular formula is C15H13N5O3. The Bertz CT molecular complexity index is 872. The molecule has 0 bridgehead atoms. The zero-order chi connectivity index (χ0) is 16.2. The lowest BCUT2D eigenvalue weighted by molar-refractivity contribution is 0.0979. The molecule has 0 radical (unpaired) electrons. The van der Waals surface area contributed by atoms with Crippen LogP contribution in [0.3, 0.4) is 0 Å². The Morgan fingerprint density at radius 3 is 2.91 bits per heavy atom. The molecule has 3 aromatic heterocycles. The van der Waals surface area contributed by atoms with Crippen LogP contribution in [-0.2, 0) is 7.05 Å². The van der Waals surface area contributed by atoms with Gasteiger partial charge >= 0.3 is 0 Å². The van der Waals surface area contributed by atoms with E-state index in [1.807, 2.05) is 0 Å². The molecule has 0 saturated carbocycles. The second-order valence-corrected chi connectivity index (χ2v) is 4.71. The van der Waals surface area contributed by atoms with E-state index in [2.05, 4.69) is 20.3 Å². The van der Waals surface area contributed by atoms with E-state index >= 15 is 0 Å². The average Bonchev–Trinajstić information content (AvgIpc) is 3.11. The number of aromatic nitrogens is 4. The molecule has 0 spiro atoms. The van der Waals surface area contributed by atoms with Crippen LogP contribution < -0.4 is 10.9 Å². The van der Waals surface area contributed by atoms with Crippen LogP contribution >= 0.6 is 0 Å². The maximum absolute atomic E-state index is 12.0. The average molecular weight is 311 g/mol. The second kappa shape index (κ2) is 6.22. The predicted octanol–water partition coefficient (Wildman–Crippen LogP) is 1.13. The van der Waals surface area contributed by atoms with Crippen LogP contribution in [0.15, 0.2) is 52.3 Å². The number of hydrogen-bond donors (Lipinski definition) is 1. The fourth-order valence-corrected chi connectivity index (χ4v) is 1.95. The quantitative estimate of drug-likeness (QED) is 0.704. The zero-order valence-electron chi connectivity index (χ0n) is 12.3. The summed E-state index contributed by atoms with van der Waals surface area (Å²) in [6, 6.07) is 6.24. The molecule has 0 atom stereocenters. The fourth-order valence-electron chi connectivity index (χ4n) is 1.95. The lowest BCUT2D eigenvalue weighted by Gasteiger charge is -2.10. The highest BCUT2D eigenvalue weighted by Gasteiger charge is 2.12. The van der Waals surface area contributed by atoms with Gasteiger partial charge in [-0.3, -0.25) is 14.2 Å². The molecule has 0 aliphatic heterocycles. The lowest BCUT2D eigenvalue weighted by atomic mass is 10.3. The van der Waals surface area contributed by atoms with E-state index < -0.39 is 0 Å². The first-order valence-corrected chi connectivity index (χ1v) is 6.80. The van der Waals surface area contributed by atoms with Gasteiger partial charge in [0.25, 0.3) is 5.56 Å². The zero-order valence-corrected chi connectivity index (χ0v) is 12.3. The van der Waals surface area contributed by atoms with Crippen molar-refractivity contribution in [3.8, 4) is 11.4 Å². The van der Waals surface area contributed by atoms with Gasteiger partial charge in [-0.2, -0.15) is 0 Å². The van der Waals surface area contributed by atoms with Crippen molar-refractivity contribution in [3.05, 3.63) is 59.2 Å². The van der Waals surface area contributed by atoms with Gasteiger partial charge in [0.2, 0.25) is 11.7 Å². The summed E-state index contributed by atoms with van der Waals surface area (Å²) in [4.78, 5) is 36.2. The molecule has 0 fully saturated rings. The number of ketones is 1. The molecule has 0 saturated heterocycles. The highest BCUT2D eigenvalue weighted by atomic mass is 16.3. The number of carbonyl (C=O) groups excluding carboxylic acids is 1. The number of nitrogens with one attached hydrogen (secondary N) is 1. The number of furan rings is 1. The molecular weight excluding hydrogens is 298 g/mol. The topological polar surface area (TPSA) is 103 Å². The van der Waals surface area contributed by atoms with Crippen LogP contribution in [0.2, 0.25) is 0 Å². The van der Waals surface area contributed by atoms with E-state index in [-0.39, 0.29) is 29.6 Å². The molecule has 8 nitrogen and oxygen atoms in total. The van der Waals surface area contributed by atoms with Gasteiger partial charge < -0.3 is 9.73 Å². The summed E-state index contributed by atoms with van der Waals surface area (Å²) >= 11 is 0. The Labute approximate surface area is 130 Å².